The lowest BCUT2D eigenvalue weighted by Gasteiger charge is -2.11. The first-order chi connectivity index (χ1) is 11.8. The number of benzene rings is 2. The smallest absolute Gasteiger partial charge is 0.251 e. The maximum Gasteiger partial charge on any atom is 0.251 e. The molecule has 0 heterocycles. The lowest BCUT2D eigenvalue weighted by atomic mass is 10.2. The standard InChI is InChI=1S/C18H22N2O4S/c1-13-7-8-14(2)17(11-13)25(22,23)20-10-9-19-18(21)15-5-4-6-16(12-15)24-3/h4-8,11-12,20H,9-10H2,1-3H3,(H,19,21). The van der Waals surface area contributed by atoms with Gasteiger partial charge in [-0.15, -0.1) is 0 Å². The number of nitrogens with one attached hydrogen (secondary N) is 2. The number of amides is 1. The first kappa shape index (κ1) is 19.0. The minimum atomic E-state index is -3.61. The summed E-state index contributed by atoms with van der Waals surface area (Å²) < 4.78 is 32.3. The van der Waals surface area contributed by atoms with Crippen LogP contribution in [-0.2, 0) is 10.0 Å². The van der Waals surface area contributed by atoms with E-state index in [4.69, 9.17) is 4.74 Å². The summed E-state index contributed by atoms with van der Waals surface area (Å²) in [7, 11) is -2.08. The molecule has 25 heavy (non-hydrogen) atoms. The molecule has 0 bridgehead atoms. The van der Waals surface area contributed by atoms with Crippen molar-refractivity contribution in [3.63, 3.8) is 0 Å². The van der Waals surface area contributed by atoms with Gasteiger partial charge >= 0.3 is 0 Å². The Morgan fingerprint density at radius 1 is 1.08 bits per heavy atom. The van der Waals surface area contributed by atoms with Crippen molar-refractivity contribution in [2.75, 3.05) is 20.2 Å². The summed E-state index contributed by atoms with van der Waals surface area (Å²) in [6.45, 7) is 3.87. The summed E-state index contributed by atoms with van der Waals surface area (Å²) in [6, 6.07) is 12.0. The van der Waals surface area contributed by atoms with Crippen LogP contribution >= 0.6 is 0 Å². The minimum Gasteiger partial charge on any atom is -0.497 e. The van der Waals surface area contributed by atoms with Gasteiger partial charge < -0.3 is 10.1 Å². The number of ether oxygens (including phenoxy) is 1. The third kappa shape index (κ3) is 5.04. The zero-order chi connectivity index (χ0) is 18.4. The first-order valence-electron chi connectivity index (χ1n) is 7.82. The van der Waals surface area contributed by atoms with Crippen molar-refractivity contribution >= 4 is 15.9 Å². The quantitative estimate of drug-likeness (QED) is 0.738. The molecule has 0 saturated heterocycles. The molecule has 0 spiro atoms. The molecule has 2 rings (SSSR count). The van der Waals surface area contributed by atoms with Gasteiger partial charge in [0.15, 0.2) is 0 Å². The van der Waals surface area contributed by atoms with Gasteiger partial charge in [-0.1, -0.05) is 18.2 Å². The molecular weight excluding hydrogens is 340 g/mol. The van der Waals surface area contributed by atoms with E-state index in [0.717, 1.165) is 5.56 Å². The molecule has 2 aromatic rings. The van der Waals surface area contributed by atoms with E-state index in [-0.39, 0.29) is 23.9 Å². The summed E-state index contributed by atoms with van der Waals surface area (Å²) in [5, 5.41) is 2.68. The van der Waals surface area contributed by atoms with Crippen LogP contribution in [0, 0.1) is 13.8 Å². The van der Waals surface area contributed by atoms with Crippen molar-refractivity contribution in [3.05, 3.63) is 59.2 Å². The molecule has 0 aliphatic heterocycles. The molecule has 0 unspecified atom stereocenters. The maximum absolute atomic E-state index is 12.4. The second-order valence-electron chi connectivity index (χ2n) is 5.65. The Labute approximate surface area is 148 Å². The highest BCUT2D eigenvalue weighted by Crippen LogP contribution is 2.16. The van der Waals surface area contributed by atoms with Crippen LogP contribution in [0.1, 0.15) is 21.5 Å². The molecular formula is C18H22N2O4S. The Kier molecular flexibility index (Phi) is 6.17. The van der Waals surface area contributed by atoms with Gasteiger partial charge in [-0.2, -0.15) is 0 Å². The number of carbonyl (C=O) groups is 1. The van der Waals surface area contributed by atoms with Gasteiger partial charge in [0, 0.05) is 18.7 Å². The number of rotatable bonds is 7. The Balaban J connectivity index is 1.91. The summed E-state index contributed by atoms with van der Waals surface area (Å²) in [5.41, 5.74) is 2.01. The molecule has 2 aromatic carbocycles. The minimum absolute atomic E-state index is 0.103. The van der Waals surface area contributed by atoms with Crippen molar-refractivity contribution in [1.82, 2.24) is 10.0 Å². The molecule has 0 radical (unpaired) electrons. The van der Waals surface area contributed by atoms with Crippen LogP contribution in [0.4, 0.5) is 0 Å². The predicted molar refractivity (Wildman–Crippen MR) is 96.4 cm³/mol. The predicted octanol–water partition coefficient (Wildman–Crippen LogP) is 2.02. The fourth-order valence-corrected chi connectivity index (χ4v) is 3.66. The molecule has 0 atom stereocenters. The van der Waals surface area contributed by atoms with E-state index in [1.54, 1.807) is 43.3 Å². The third-order valence-electron chi connectivity index (χ3n) is 3.67. The number of hydrogen-bond donors (Lipinski definition) is 2. The zero-order valence-electron chi connectivity index (χ0n) is 14.5. The second-order valence-corrected chi connectivity index (χ2v) is 7.39. The Bertz CT molecular complexity index is 863. The summed E-state index contributed by atoms with van der Waals surface area (Å²) >= 11 is 0. The van der Waals surface area contributed by atoms with Crippen molar-refractivity contribution in [1.29, 1.82) is 0 Å². The van der Waals surface area contributed by atoms with Gasteiger partial charge in [0.1, 0.15) is 5.75 Å². The second kappa shape index (κ2) is 8.13. The van der Waals surface area contributed by atoms with Crippen LogP contribution in [-0.4, -0.2) is 34.5 Å². The summed E-state index contributed by atoms with van der Waals surface area (Å²) in [6.07, 6.45) is 0. The third-order valence-corrected chi connectivity index (χ3v) is 5.27. The van der Waals surface area contributed by atoms with E-state index in [9.17, 15) is 13.2 Å². The monoisotopic (exact) mass is 362 g/mol. The van der Waals surface area contributed by atoms with Crippen LogP contribution < -0.4 is 14.8 Å². The first-order valence-corrected chi connectivity index (χ1v) is 9.31. The normalized spacial score (nSPS) is 11.2. The highest BCUT2D eigenvalue weighted by atomic mass is 32.2. The van der Waals surface area contributed by atoms with Crippen molar-refractivity contribution in [2.45, 2.75) is 18.7 Å². The fourth-order valence-electron chi connectivity index (χ4n) is 2.30. The van der Waals surface area contributed by atoms with Crippen LogP contribution in [0.3, 0.4) is 0 Å². The molecule has 0 fully saturated rings. The van der Waals surface area contributed by atoms with Crippen LogP contribution in [0.5, 0.6) is 5.75 Å². The summed E-state index contributed by atoms with van der Waals surface area (Å²) in [5.74, 6) is 0.299. The van der Waals surface area contributed by atoms with Crippen LogP contribution in [0.25, 0.3) is 0 Å². The van der Waals surface area contributed by atoms with Gasteiger partial charge in [-0.05, 0) is 49.2 Å². The van der Waals surface area contributed by atoms with E-state index in [1.165, 1.54) is 7.11 Å². The Hall–Kier alpha value is -2.38. The Morgan fingerprint density at radius 3 is 2.56 bits per heavy atom. The number of hydrogen-bond acceptors (Lipinski definition) is 4. The van der Waals surface area contributed by atoms with E-state index in [1.807, 2.05) is 13.0 Å². The largest absolute Gasteiger partial charge is 0.497 e. The maximum atomic E-state index is 12.4. The van der Waals surface area contributed by atoms with Crippen molar-refractivity contribution < 1.29 is 17.9 Å². The molecule has 0 aromatic heterocycles. The SMILES string of the molecule is COc1cccc(C(=O)NCCNS(=O)(=O)c2cc(C)ccc2C)c1. The number of carbonyl (C=O) groups excluding carboxylic acids is 1. The van der Waals surface area contributed by atoms with Gasteiger partial charge in [0.05, 0.1) is 12.0 Å². The van der Waals surface area contributed by atoms with Crippen LogP contribution in [0.2, 0.25) is 0 Å². The number of aryl methyl sites for hydroxylation is 2. The average molecular weight is 362 g/mol. The van der Waals surface area contributed by atoms with Crippen LogP contribution in [0.15, 0.2) is 47.4 Å². The van der Waals surface area contributed by atoms with Crippen molar-refractivity contribution in [2.24, 2.45) is 0 Å². The lowest BCUT2D eigenvalue weighted by Crippen LogP contribution is -2.35. The van der Waals surface area contributed by atoms with Gasteiger partial charge in [-0.25, -0.2) is 13.1 Å². The van der Waals surface area contributed by atoms with E-state index in [2.05, 4.69) is 10.0 Å². The molecule has 7 heteroatoms. The fraction of sp³-hybridized carbons (Fsp3) is 0.278. The van der Waals surface area contributed by atoms with E-state index >= 15 is 0 Å². The molecule has 1 amide bonds. The molecule has 134 valence electrons. The van der Waals surface area contributed by atoms with Gasteiger partial charge in [0.25, 0.3) is 5.91 Å². The van der Waals surface area contributed by atoms with E-state index < -0.39 is 10.0 Å². The van der Waals surface area contributed by atoms with Gasteiger partial charge in [0.2, 0.25) is 10.0 Å². The number of sulfonamides is 1. The lowest BCUT2D eigenvalue weighted by molar-refractivity contribution is 0.0954. The highest BCUT2D eigenvalue weighted by molar-refractivity contribution is 7.89. The van der Waals surface area contributed by atoms with Gasteiger partial charge in [-0.3, -0.25) is 4.79 Å². The molecule has 6 nitrogen and oxygen atoms in total. The molecule has 0 saturated carbocycles. The summed E-state index contributed by atoms with van der Waals surface area (Å²) in [4.78, 5) is 12.3. The topological polar surface area (TPSA) is 84.5 Å². The highest BCUT2D eigenvalue weighted by Gasteiger charge is 2.16. The zero-order valence-corrected chi connectivity index (χ0v) is 15.3. The average Bonchev–Trinajstić information content (AvgIpc) is 2.60. The Morgan fingerprint density at radius 2 is 1.84 bits per heavy atom. The van der Waals surface area contributed by atoms with E-state index in [0.29, 0.717) is 16.9 Å². The molecule has 2 N–H and O–H groups in total. The van der Waals surface area contributed by atoms with Crippen molar-refractivity contribution in [3.8, 4) is 5.75 Å². The molecule has 0 aliphatic carbocycles. The number of methoxy groups -OCH3 is 1. The molecule has 0 aliphatic rings.